The Bertz CT molecular complexity index is 326. The number of nitrogens with zero attached hydrogens (tertiary/aromatic N) is 1. The van der Waals surface area contributed by atoms with Crippen LogP contribution in [0.4, 0.5) is 0 Å². The van der Waals surface area contributed by atoms with E-state index >= 15 is 0 Å². The lowest BCUT2D eigenvalue weighted by atomic mass is 10.3. The fraction of sp³-hybridized carbons (Fsp3) is 0.500. The first kappa shape index (κ1) is 20.4. The summed E-state index contributed by atoms with van der Waals surface area (Å²) in [5.41, 5.74) is 0.986. The van der Waals surface area contributed by atoms with Gasteiger partial charge in [0.1, 0.15) is 0 Å². The van der Waals surface area contributed by atoms with E-state index in [-0.39, 0.29) is 30.7 Å². The van der Waals surface area contributed by atoms with Gasteiger partial charge in [-0.25, -0.2) is 0 Å². The molecule has 0 aromatic carbocycles. The molecule has 0 aliphatic carbocycles. The highest BCUT2D eigenvalue weighted by Crippen LogP contribution is 1.92. The van der Waals surface area contributed by atoms with Crippen LogP contribution in [0.2, 0.25) is 0 Å². The molecule has 7 heteroatoms. The second-order valence-corrected chi connectivity index (χ2v) is 3.59. The molecule has 0 unspecified atom stereocenters. The molecule has 0 aliphatic rings. The van der Waals surface area contributed by atoms with Gasteiger partial charge in [-0.2, -0.15) is 0 Å². The van der Waals surface area contributed by atoms with Gasteiger partial charge < -0.3 is 15.4 Å². The zero-order valence-corrected chi connectivity index (χ0v) is 12.6. The molecule has 0 radical (unpaired) electrons. The summed E-state index contributed by atoms with van der Waals surface area (Å²) < 4.78 is 4.86. The van der Waals surface area contributed by atoms with Gasteiger partial charge in [0.25, 0.3) is 0 Å². The van der Waals surface area contributed by atoms with Gasteiger partial charge in [-0.1, -0.05) is 6.07 Å². The van der Waals surface area contributed by atoms with Gasteiger partial charge in [-0.15, -0.1) is 24.8 Å². The number of ether oxygens (including phenoxy) is 1. The zero-order valence-electron chi connectivity index (χ0n) is 10.9. The smallest absolute Gasteiger partial charge is 0.233 e. The summed E-state index contributed by atoms with van der Waals surface area (Å²) in [5.74, 6) is -0.00275. The maximum atomic E-state index is 11.4. The quantitative estimate of drug-likeness (QED) is 0.698. The van der Waals surface area contributed by atoms with E-state index in [0.29, 0.717) is 26.2 Å². The van der Waals surface area contributed by atoms with Gasteiger partial charge in [0.2, 0.25) is 5.91 Å². The Balaban J connectivity index is 0. The minimum absolute atomic E-state index is 0. The summed E-state index contributed by atoms with van der Waals surface area (Å²) >= 11 is 0. The molecule has 2 N–H and O–H groups in total. The van der Waals surface area contributed by atoms with Crippen LogP contribution in [0.5, 0.6) is 0 Å². The number of hydrogen-bond donors (Lipinski definition) is 2. The van der Waals surface area contributed by atoms with Crippen molar-refractivity contribution in [2.75, 3.05) is 33.4 Å². The van der Waals surface area contributed by atoms with Crippen molar-refractivity contribution in [3.05, 3.63) is 30.1 Å². The second-order valence-electron chi connectivity index (χ2n) is 3.59. The fourth-order valence-corrected chi connectivity index (χ4v) is 1.31. The molecule has 0 saturated carbocycles. The minimum Gasteiger partial charge on any atom is -0.383 e. The third-order valence-electron chi connectivity index (χ3n) is 2.20. The lowest BCUT2D eigenvalue weighted by Crippen LogP contribution is -2.36. The fourth-order valence-electron chi connectivity index (χ4n) is 1.31. The molecule has 0 bridgehead atoms. The number of pyridine rings is 1. The average molecular weight is 310 g/mol. The molecule has 19 heavy (non-hydrogen) atoms. The molecule has 1 amide bonds. The van der Waals surface area contributed by atoms with Crippen molar-refractivity contribution >= 4 is 30.7 Å². The molecule has 5 nitrogen and oxygen atoms in total. The van der Waals surface area contributed by atoms with Crippen LogP contribution in [-0.2, 0) is 16.0 Å². The van der Waals surface area contributed by atoms with Gasteiger partial charge in [0, 0.05) is 38.5 Å². The average Bonchev–Trinajstić information content (AvgIpc) is 2.36. The Morgan fingerprint density at radius 2 is 2.11 bits per heavy atom. The van der Waals surface area contributed by atoms with E-state index in [0.717, 1.165) is 12.1 Å². The van der Waals surface area contributed by atoms with E-state index in [4.69, 9.17) is 4.74 Å². The minimum atomic E-state index is -0.00275. The van der Waals surface area contributed by atoms with E-state index in [1.807, 2.05) is 18.2 Å². The van der Waals surface area contributed by atoms with E-state index in [1.165, 1.54) is 0 Å². The van der Waals surface area contributed by atoms with Crippen LogP contribution in [-0.4, -0.2) is 44.2 Å². The third-order valence-corrected chi connectivity index (χ3v) is 2.20. The Kier molecular flexibility index (Phi) is 14.6. The number of amides is 1. The SMILES string of the molecule is COCCNCC(=O)NCCc1ccccn1.Cl.Cl. The van der Waals surface area contributed by atoms with Crippen LogP contribution in [0.1, 0.15) is 5.69 Å². The van der Waals surface area contributed by atoms with Crippen molar-refractivity contribution in [2.24, 2.45) is 0 Å². The predicted octanol–water partition coefficient (Wildman–Crippen LogP) is 0.820. The molecule has 1 heterocycles. The molecule has 110 valence electrons. The molecule has 1 rings (SSSR count). The van der Waals surface area contributed by atoms with Crippen molar-refractivity contribution < 1.29 is 9.53 Å². The predicted molar refractivity (Wildman–Crippen MR) is 80.2 cm³/mol. The molecule has 0 aliphatic heterocycles. The Morgan fingerprint density at radius 3 is 2.74 bits per heavy atom. The molecular formula is C12H21Cl2N3O2. The van der Waals surface area contributed by atoms with Gasteiger partial charge in [-0.3, -0.25) is 9.78 Å². The third kappa shape index (κ3) is 10.7. The van der Waals surface area contributed by atoms with Crippen LogP contribution in [0.15, 0.2) is 24.4 Å². The molecule has 1 aromatic heterocycles. The first-order chi connectivity index (χ1) is 8.33. The number of aromatic nitrogens is 1. The van der Waals surface area contributed by atoms with Crippen LogP contribution in [0.25, 0.3) is 0 Å². The number of methoxy groups -OCH3 is 1. The Labute approximate surface area is 126 Å². The van der Waals surface area contributed by atoms with E-state index in [9.17, 15) is 4.79 Å². The number of rotatable bonds is 8. The van der Waals surface area contributed by atoms with Crippen molar-refractivity contribution in [1.82, 2.24) is 15.6 Å². The molecule has 0 spiro atoms. The first-order valence-electron chi connectivity index (χ1n) is 5.69. The van der Waals surface area contributed by atoms with E-state index < -0.39 is 0 Å². The number of hydrogen-bond acceptors (Lipinski definition) is 4. The summed E-state index contributed by atoms with van der Waals surface area (Å²) in [4.78, 5) is 15.5. The zero-order chi connectivity index (χ0) is 12.3. The first-order valence-corrected chi connectivity index (χ1v) is 5.69. The van der Waals surface area contributed by atoms with Crippen LogP contribution in [0.3, 0.4) is 0 Å². The summed E-state index contributed by atoms with van der Waals surface area (Å²) in [6.45, 7) is 2.23. The summed E-state index contributed by atoms with van der Waals surface area (Å²) in [6, 6.07) is 5.77. The maximum absolute atomic E-state index is 11.4. The molecule has 1 aromatic rings. The highest BCUT2D eigenvalue weighted by molar-refractivity contribution is 5.85. The van der Waals surface area contributed by atoms with Crippen molar-refractivity contribution in [2.45, 2.75) is 6.42 Å². The Morgan fingerprint density at radius 1 is 1.32 bits per heavy atom. The van der Waals surface area contributed by atoms with Gasteiger partial charge in [-0.05, 0) is 12.1 Å². The van der Waals surface area contributed by atoms with Gasteiger partial charge in [0.05, 0.1) is 13.2 Å². The van der Waals surface area contributed by atoms with Crippen molar-refractivity contribution in [3.8, 4) is 0 Å². The molecule has 0 atom stereocenters. The summed E-state index contributed by atoms with van der Waals surface area (Å²) in [5, 5.41) is 5.81. The van der Waals surface area contributed by atoms with Crippen molar-refractivity contribution in [1.29, 1.82) is 0 Å². The normalized spacial score (nSPS) is 9.11. The number of carbonyl (C=O) groups is 1. The van der Waals surface area contributed by atoms with Crippen molar-refractivity contribution in [3.63, 3.8) is 0 Å². The number of nitrogens with one attached hydrogen (secondary N) is 2. The van der Waals surface area contributed by atoms with Crippen LogP contribution >= 0.6 is 24.8 Å². The Hall–Kier alpha value is -0.880. The maximum Gasteiger partial charge on any atom is 0.233 e. The lowest BCUT2D eigenvalue weighted by Gasteiger charge is -2.06. The largest absolute Gasteiger partial charge is 0.383 e. The monoisotopic (exact) mass is 309 g/mol. The topological polar surface area (TPSA) is 63.2 Å². The second kappa shape index (κ2) is 13.5. The number of halogens is 2. The van der Waals surface area contributed by atoms with Gasteiger partial charge in [0.15, 0.2) is 0 Å². The van der Waals surface area contributed by atoms with Crippen LogP contribution < -0.4 is 10.6 Å². The van der Waals surface area contributed by atoms with Gasteiger partial charge >= 0.3 is 0 Å². The standard InChI is InChI=1S/C12H19N3O2.2ClH/c1-17-9-8-13-10-12(16)15-7-5-11-4-2-3-6-14-11;;/h2-4,6,13H,5,7-10H2,1H3,(H,15,16);2*1H. The molecule has 0 fully saturated rings. The van der Waals surface area contributed by atoms with E-state index in [2.05, 4.69) is 15.6 Å². The van der Waals surface area contributed by atoms with Crippen LogP contribution in [0, 0.1) is 0 Å². The lowest BCUT2D eigenvalue weighted by molar-refractivity contribution is -0.120. The molecular weight excluding hydrogens is 289 g/mol. The highest BCUT2D eigenvalue weighted by atomic mass is 35.5. The summed E-state index contributed by atoms with van der Waals surface area (Å²) in [6.07, 6.45) is 2.51. The number of carbonyl (C=O) groups excluding carboxylic acids is 1. The van der Waals surface area contributed by atoms with E-state index in [1.54, 1.807) is 13.3 Å². The highest BCUT2D eigenvalue weighted by Gasteiger charge is 1.99. The molecule has 0 saturated heterocycles. The summed E-state index contributed by atoms with van der Waals surface area (Å²) in [7, 11) is 1.63.